The summed E-state index contributed by atoms with van der Waals surface area (Å²) in [7, 11) is -0.0413. The average molecular weight is 325 g/mol. The van der Waals surface area contributed by atoms with E-state index in [0.717, 1.165) is 0 Å². The lowest BCUT2D eigenvalue weighted by molar-refractivity contribution is -0.141. The van der Waals surface area contributed by atoms with Crippen LogP contribution in [0.1, 0.15) is 23.2 Å². The maximum atomic E-state index is 12.7. The van der Waals surface area contributed by atoms with Crippen LogP contribution < -0.4 is 5.73 Å². The van der Waals surface area contributed by atoms with Gasteiger partial charge in [0.1, 0.15) is 5.69 Å². The first-order valence-electron chi connectivity index (χ1n) is 4.52. The van der Waals surface area contributed by atoms with Crippen molar-refractivity contribution in [1.82, 2.24) is 4.98 Å². The Balaban J connectivity index is 3.75. The lowest BCUT2D eigenvalue weighted by atomic mass is 10.1. The summed E-state index contributed by atoms with van der Waals surface area (Å²) in [5.74, 6) is 0. The summed E-state index contributed by atoms with van der Waals surface area (Å²) in [4.78, 5) is 2.66. The third-order valence-electron chi connectivity index (χ3n) is 2.07. The van der Waals surface area contributed by atoms with Crippen LogP contribution in [0.4, 0.5) is 22.0 Å². The highest BCUT2D eigenvalue weighted by Crippen LogP contribution is 2.35. The predicted octanol–water partition coefficient (Wildman–Crippen LogP) is 2.42. The standard InChI is InChI=1S/C8H6ClF5N2O2S/c9-19(17,18)7-5(6(10)11)3(2-15)1-4(16-7)8(12,13)14/h1,6H,2,15H2. The lowest BCUT2D eigenvalue weighted by Crippen LogP contribution is -2.16. The Morgan fingerprint density at radius 3 is 2.21 bits per heavy atom. The summed E-state index contributed by atoms with van der Waals surface area (Å²) in [6.45, 7) is -0.718. The van der Waals surface area contributed by atoms with Gasteiger partial charge in [0.05, 0.1) is 5.56 Å². The molecule has 1 heterocycles. The Labute approximate surface area is 108 Å². The van der Waals surface area contributed by atoms with Gasteiger partial charge in [0, 0.05) is 17.2 Å². The van der Waals surface area contributed by atoms with E-state index in [9.17, 15) is 30.4 Å². The largest absolute Gasteiger partial charge is 0.433 e. The summed E-state index contributed by atoms with van der Waals surface area (Å²) >= 11 is 0. The number of nitrogens with zero attached hydrogens (tertiary/aromatic N) is 1. The summed E-state index contributed by atoms with van der Waals surface area (Å²) in [6.07, 6.45) is -8.39. The van der Waals surface area contributed by atoms with Gasteiger partial charge in [-0.25, -0.2) is 22.2 Å². The van der Waals surface area contributed by atoms with Crippen molar-refractivity contribution in [3.05, 3.63) is 22.9 Å². The molecule has 1 rings (SSSR count). The molecule has 0 spiro atoms. The van der Waals surface area contributed by atoms with Crippen LogP contribution in [0, 0.1) is 0 Å². The lowest BCUT2D eigenvalue weighted by Gasteiger charge is -2.14. The van der Waals surface area contributed by atoms with Crippen LogP contribution in [0.15, 0.2) is 11.1 Å². The first-order valence-corrected chi connectivity index (χ1v) is 6.83. The number of hydrogen-bond acceptors (Lipinski definition) is 4. The summed E-state index contributed by atoms with van der Waals surface area (Å²) in [5, 5.41) is -1.53. The maximum Gasteiger partial charge on any atom is 0.433 e. The van der Waals surface area contributed by atoms with Gasteiger partial charge in [-0.3, -0.25) is 0 Å². The Hall–Kier alpha value is -1.00. The number of halogens is 6. The molecule has 1 aromatic heterocycles. The molecule has 0 bridgehead atoms. The topological polar surface area (TPSA) is 73.0 Å². The normalized spacial score (nSPS) is 13.1. The molecule has 0 atom stereocenters. The fraction of sp³-hybridized carbons (Fsp3) is 0.375. The van der Waals surface area contributed by atoms with Crippen molar-refractivity contribution in [2.75, 3.05) is 0 Å². The molecule has 0 aliphatic heterocycles. The second-order valence-electron chi connectivity index (χ2n) is 3.33. The quantitative estimate of drug-likeness (QED) is 0.684. The Morgan fingerprint density at radius 2 is 1.89 bits per heavy atom. The molecular formula is C8H6ClF5N2O2S. The molecule has 0 radical (unpaired) electrons. The van der Waals surface area contributed by atoms with Gasteiger partial charge < -0.3 is 5.73 Å². The maximum absolute atomic E-state index is 12.7. The van der Waals surface area contributed by atoms with Crippen LogP contribution in [0.2, 0.25) is 0 Å². The van der Waals surface area contributed by atoms with Gasteiger partial charge >= 0.3 is 6.18 Å². The third kappa shape index (κ3) is 3.51. The van der Waals surface area contributed by atoms with Gasteiger partial charge in [0.15, 0.2) is 5.03 Å². The van der Waals surface area contributed by atoms with Crippen LogP contribution in [0.5, 0.6) is 0 Å². The van der Waals surface area contributed by atoms with Crippen molar-refractivity contribution in [3.8, 4) is 0 Å². The number of rotatable bonds is 3. The first kappa shape index (κ1) is 16.1. The Kier molecular flexibility index (Phi) is 4.37. The van der Waals surface area contributed by atoms with Crippen LogP contribution >= 0.6 is 10.7 Å². The van der Waals surface area contributed by atoms with Gasteiger partial charge in [-0.2, -0.15) is 13.2 Å². The highest BCUT2D eigenvalue weighted by Gasteiger charge is 2.37. The molecule has 2 N–H and O–H groups in total. The number of nitrogens with two attached hydrogens (primary N) is 1. The summed E-state index contributed by atoms with van der Waals surface area (Å²) in [6, 6.07) is 0.271. The van der Waals surface area contributed by atoms with Crippen molar-refractivity contribution in [2.45, 2.75) is 24.2 Å². The van der Waals surface area contributed by atoms with Gasteiger partial charge in [0.25, 0.3) is 15.5 Å². The minimum absolute atomic E-state index is 0.271. The van der Waals surface area contributed by atoms with E-state index in [4.69, 9.17) is 16.4 Å². The number of hydrogen-bond donors (Lipinski definition) is 1. The SMILES string of the molecule is NCc1cc(C(F)(F)F)nc(S(=O)(=O)Cl)c1C(F)F. The third-order valence-corrected chi connectivity index (χ3v) is 3.28. The zero-order valence-corrected chi connectivity index (χ0v) is 10.5. The van der Waals surface area contributed by atoms with E-state index >= 15 is 0 Å². The second kappa shape index (κ2) is 5.17. The summed E-state index contributed by atoms with van der Waals surface area (Å²) in [5.41, 5.74) is 1.49. The Bertz CT molecular complexity index is 588. The van der Waals surface area contributed by atoms with Gasteiger partial charge in [0.2, 0.25) is 0 Å². The molecule has 0 aliphatic carbocycles. The van der Waals surface area contributed by atoms with Gasteiger partial charge in [-0.15, -0.1) is 0 Å². The Morgan fingerprint density at radius 1 is 1.37 bits per heavy atom. The van der Waals surface area contributed by atoms with Crippen molar-refractivity contribution in [1.29, 1.82) is 0 Å². The van der Waals surface area contributed by atoms with E-state index in [1.54, 1.807) is 0 Å². The van der Waals surface area contributed by atoms with Crippen molar-refractivity contribution >= 4 is 19.7 Å². The van der Waals surface area contributed by atoms with Gasteiger partial charge in [-0.1, -0.05) is 0 Å². The van der Waals surface area contributed by atoms with Crippen molar-refractivity contribution < 1.29 is 30.4 Å². The van der Waals surface area contributed by atoms with Gasteiger partial charge in [-0.05, 0) is 11.6 Å². The molecular weight excluding hydrogens is 319 g/mol. The van der Waals surface area contributed by atoms with Crippen LogP contribution in [0.3, 0.4) is 0 Å². The molecule has 0 fully saturated rings. The van der Waals surface area contributed by atoms with Crippen LogP contribution in [0.25, 0.3) is 0 Å². The molecule has 0 aromatic carbocycles. The van der Waals surface area contributed by atoms with E-state index in [1.165, 1.54) is 0 Å². The predicted molar refractivity (Wildman–Crippen MR) is 55.1 cm³/mol. The molecule has 0 saturated carbocycles. The van der Waals surface area contributed by atoms with E-state index in [2.05, 4.69) is 4.98 Å². The number of aromatic nitrogens is 1. The number of alkyl halides is 5. The van der Waals surface area contributed by atoms with Crippen LogP contribution in [-0.4, -0.2) is 13.4 Å². The molecule has 19 heavy (non-hydrogen) atoms. The van der Waals surface area contributed by atoms with E-state index in [-0.39, 0.29) is 6.07 Å². The minimum atomic E-state index is -5.01. The van der Waals surface area contributed by atoms with E-state index in [1.807, 2.05) is 0 Å². The second-order valence-corrected chi connectivity index (χ2v) is 5.81. The van der Waals surface area contributed by atoms with Crippen LogP contribution in [-0.2, 0) is 21.8 Å². The number of pyridine rings is 1. The van der Waals surface area contributed by atoms with Crippen molar-refractivity contribution in [3.63, 3.8) is 0 Å². The molecule has 0 unspecified atom stereocenters. The molecule has 108 valence electrons. The van der Waals surface area contributed by atoms with E-state index in [0.29, 0.717) is 0 Å². The zero-order chi connectivity index (χ0) is 15.0. The fourth-order valence-electron chi connectivity index (χ4n) is 1.32. The summed E-state index contributed by atoms with van der Waals surface area (Å²) < 4.78 is 85.0. The molecule has 0 aliphatic rings. The van der Waals surface area contributed by atoms with E-state index < -0.39 is 50.0 Å². The smallest absolute Gasteiger partial charge is 0.326 e. The van der Waals surface area contributed by atoms with Crippen molar-refractivity contribution in [2.24, 2.45) is 5.73 Å². The molecule has 11 heteroatoms. The molecule has 1 aromatic rings. The average Bonchev–Trinajstić information content (AvgIpc) is 2.24. The minimum Gasteiger partial charge on any atom is -0.326 e. The highest BCUT2D eigenvalue weighted by atomic mass is 35.7. The fourth-order valence-corrected chi connectivity index (χ4v) is 2.36. The molecule has 4 nitrogen and oxygen atoms in total. The highest BCUT2D eigenvalue weighted by molar-refractivity contribution is 8.13. The monoisotopic (exact) mass is 324 g/mol. The first-order chi connectivity index (χ1) is 8.48. The molecule has 0 amide bonds. The zero-order valence-electron chi connectivity index (χ0n) is 8.88. The molecule has 0 saturated heterocycles.